The Labute approximate surface area is 156 Å². The van der Waals surface area contributed by atoms with E-state index in [0.29, 0.717) is 25.7 Å². The number of hydrogen-bond acceptors (Lipinski definition) is 3. The number of ether oxygens (including phenoxy) is 2. The molecule has 1 aromatic carbocycles. The first kappa shape index (κ1) is 17.7. The third-order valence-electron chi connectivity index (χ3n) is 3.89. The fourth-order valence-corrected chi connectivity index (χ4v) is 3.04. The highest BCUT2D eigenvalue weighted by Crippen LogP contribution is 2.38. The highest BCUT2D eigenvalue weighted by Gasteiger charge is 2.17. The predicted octanol–water partition coefficient (Wildman–Crippen LogP) is 3.04. The Bertz CT molecular complexity index is 550. The Balaban J connectivity index is 0.00000176. The number of rotatable bonds is 4. The lowest BCUT2D eigenvalue weighted by molar-refractivity contribution is 0.170. The van der Waals surface area contributed by atoms with Crippen molar-refractivity contribution in [3.63, 3.8) is 0 Å². The number of halogens is 2. The van der Waals surface area contributed by atoms with Crippen LogP contribution >= 0.6 is 39.9 Å². The van der Waals surface area contributed by atoms with E-state index in [1.807, 2.05) is 12.1 Å². The lowest BCUT2D eigenvalue weighted by atomic mass is 9.85. The molecule has 0 saturated heterocycles. The first-order valence-corrected chi connectivity index (χ1v) is 8.13. The molecule has 1 aliphatic carbocycles. The summed E-state index contributed by atoms with van der Waals surface area (Å²) in [5, 5.41) is 3.19. The van der Waals surface area contributed by atoms with Gasteiger partial charge in [-0.25, -0.2) is 4.99 Å². The van der Waals surface area contributed by atoms with E-state index < -0.39 is 0 Å². The highest BCUT2D eigenvalue weighted by atomic mass is 127. The van der Waals surface area contributed by atoms with Crippen LogP contribution in [0.5, 0.6) is 11.5 Å². The zero-order valence-corrected chi connectivity index (χ0v) is 16.2. The number of benzene rings is 1. The van der Waals surface area contributed by atoms with Gasteiger partial charge in [-0.05, 0) is 52.4 Å². The van der Waals surface area contributed by atoms with Crippen LogP contribution in [-0.4, -0.2) is 25.7 Å². The normalized spacial score (nSPS) is 17.4. The largest absolute Gasteiger partial charge is 0.486 e. The molecular weight excluding hydrogens is 461 g/mol. The fraction of sp³-hybridized carbons (Fsp3) is 0.533. The third-order valence-corrected chi connectivity index (χ3v) is 4.47. The van der Waals surface area contributed by atoms with Crippen LogP contribution in [0.25, 0.3) is 0 Å². The van der Waals surface area contributed by atoms with Crippen LogP contribution in [-0.2, 0) is 6.54 Å². The van der Waals surface area contributed by atoms with Gasteiger partial charge in [0.15, 0.2) is 17.5 Å². The lowest BCUT2D eigenvalue weighted by Gasteiger charge is -2.25. The number of fused-ring (bicyclic) bond motifs is 1. The van der Waals surface area contributed by atoms with Crippen molar-refractivity contribution in [3.8, 4) is 11.5 Å². The van der Waals surface area contributed by atoms with E-state index in [1.165, 1.54) is 19.3 Å². The summed E-state index contributed by atoms with van der Waals surface area (Å²) in [5.74, 6) is 2.81. The number of nitrogens with zero attached hydrogens (tertiary/aromatic N) is 1. The van der Waals surface area contributed by atoms with Crippen LogP contribution in [0.15, 0.2) is 21.6 Å². The fourth-order valence-electron chi connectivity index (χ4n) is 2.43. The molecule has 7 heteroatoms. The van der Waals surface area contributed by atoms with Crippen LogP contribution in [0, 0.1) is 5.92 Å². The van der Waals surface area contributed by atoms with Crippen LogP contribution < -0.4 is 20.5 Å². The second-order valence-corrected chi connectivity index (χ2v) is 6.34. The molecule has 5 nitrogen and oxygen atoms in total. The molecule has 22 heavy (non-hydrogen) atoms. The SMILES string of the molecule is I.NC(=NCc1cc(Br)c2c(c1)OCCO2)NCC1CCC1. The van der Waals surface area contributed by atoms with Crippen molar-refractivity contribution in [2.24, 2.45) is 16.6 Å². The molecule has 1 aliphatic heterocycles. The maximum absolute atomic E-state index is 5.90. The van der Waals surface area contributed by atoms with Crippen molar-refractivity contribution in [2.45, 2.75) is 25.8 Å². The Morgan fingerprint density at radius 3 is 2.82 bits per heavy atom. The second-order valence-electron chi connectivity index (χ2n) is 5.48. The molecular formula is C15H21BrIN3O2. The third kappa shape index (κ3) is 4.41. The Morgan fingerprint density at radius 2 is 2.09 bits per heavy atom. The number of nitrogens with one attached hydrogen (secondary N) is 1. The van der Waals surface area contributed by atoms with Gasteiger partial charge in [-0.1, -0.05) is 6.42 Å². The van der Waals surface area contributed by atoms with Crippen LogP contribution in [0.2, 0.25) is 0 Å². The molecule has 1 saturated carbocycles. The van der Waals surface area contributed by atoms with E-state index in [1.54, 1.807) is 0 Å². The first-order valence-electron chi connectivity index (χ1n) is 7.34. The summed E-state index contributed by atoms with van der Waals surface area (Å²) in [5.41, 5.74) is 6.94. The van der Waals surface area contributed by atoms with Gasteiger partial charge in [0.25, 0.3) is 0 Å². The van der Waals surface area contributed by atoms with Crippen LogP contribution in [0.4, 0.5) is 0 Å². The summed E-state index contributed by atoms with van der Waals surface area (Å²) >= 11 is 3.51. The van der Waals surface area contributed by atoms with Gasteiger partial charge in [0.2, 0.25) is 0 Å². The second kappa shape index (κ2) is 8.24. The number of nitrogens with two attached hydrogens (primary N) is 1. The number of guanidine groups is 1. The predicted molar refractivity (Wildman–Crippen MR) is 101 cm³/mol. The maximum Gasteiger partial charge on any atom is 0.188 e. The van der Waals surface area contributed by atoms with E-state index in [2.05, 4.69) is 26.2 Å². The molecule has 0 unspecified atom stereocenters. The van der Waals surface area contributed by atoms with Gasteiger partial charge in [-0.15, -0.1) is 24.0 Å². The monoisotopic (exact) mass is 481 g/mol. The summed E-state index contributed by atoms with van der Waals surface area (Å²) in [6, 6.07) is 3.96. The van der Waals surface area contributed by atoms with Crippen molar-refractivity contribution in [3.05, 3.63) is 22.2 Å². The summed E-state index contributed by atoms with van der Waals surface area (Å²) in [6.07, 6.45) is 3.94. The number of hydrogen-bond donors (Lipinski definition) is 2. The van der Waals surface area contributed by atoms with Crippen molar-refractivity contribution < 1.29 is 9.47 Å². The van der Waals surface area contributed by atoms with Crippen molar-refractivity contribution in [2.75, 3.05) is 19.8 Å². The van der Waals surface area contributed by atoms with Crippen molar-refractivity contribution in [1.82, 2.24) is 5.32 Å². The minimum Gasteiger partial charge on any atom is -0.486 e. The van der Waals surface area contributed by atoms with Gasteiger partial charge in [-0.3, -0.25) is 0 Å². The number of aliphatic imine (C=N–C) groups is 1. The van der Waals surface area contributed by atoms with Crippen molar-refractivity contribution >= 4 is 45.9 Å². The zero-order valence-electron chi connectivity index (χ0n) is 12.3. The molecule has 0 amide bonds. The molecule has 3 N–H and O–H groups in total. The first-order chi connectivity index (χ1) is 10.2. The van der Waals surface area contributed by atoms with Gasteiger partial charge in [0.1, 0.15) is 13.2 Å². The minimum atomic E-state index is 0. The molecule has 3 rings (SSSR count). The van der Waals surface area contributed by atoms with E-state index in [9.17, 15) is 0 Å². The Kier molecular flexibility index (Phi) is 6.61. The van der Waals surface area contributed by atoms with Gasteiger partial charge in [0, 0.05) is 6.54 Å². The molecule has 1 heterocycles. The molecule has 1 aromatic rings. The lowest BCUT2D eigenvalue weighted by Crippen LogP contribution is -2.37. The van der Waals surface area contributed by atoms with Gasteiger partial charge < -0.3 is 20.5 Å². The minimum absolute atomic E-state index is 0. The molecule has 0 aromatic heterocycles. The van der Waals surface area contributed by atoms with E-state index in [0.717, 1.165) is 34.0 Å². The Morgan fingerprint density at radius 1 is 1.32 bits per heavy atom. The van der Waals surface area contributed by atoms with Crippen LogP contribution in [0.1, 0.15) is 24.8 Å². The molecule has 2 aliphatic rings. The highest BCUT2D eigenvalue weighted by molar-refractivity contribution is 14.0. The molecule has 0 atom stereocenters. The molecule has 0 spiro atoms. The average Bonchev–Trinajstić information content (AvgIpc) is 2.43. The Hall–Kier alpha value is -0.700. The zero-order chi connectivity index (χ0) is 14.7. The molecule has 1 fully saturated rings. The summed E-state index contributed by atoms with van der Waals surface area (Å²) in [6.45, 7) is 2.62. The topological polar surface area (TPSA) is 68.9 Å². The molecule has 0 bridgehead atoms. The molecule has 0 radical (unpaired) electrons. The van der Waals surface area contributed by atoms with Gasteiger partial charge >= 0.3 is 0 Å². The van der Waals surface area contributed by atoms with E-state index >= 15 is 0 Å². The summed E-state index contributed by atoms with van der Waals surface area (Å²) in [7, 11) is 0. The summed E-state index contributed by atoms with van der Waals surface area (Å²) in [4.78, 5) is 4.38. The van der Waals surface area contributed by atoms with Crippen molar-refractivity contribution in [1.29, 1.82) is 0 Å². The summed E-state index contributed by atoms with van der Waals surface area (Å²) < 4.78 is 12.1. The average molecular weight is 482 g/mol. The molecule has 122 valence electrons. The van der Waals surface area contributed by atoms with E-state index in [-0.39, 0.29) is 24.0 Å². The standard InChI is InChI=1S/C15H20BrN3O2.HI/c16-12-6-11(7-13-14(12)21-5-4-20-13)9-19-15(17)18-8-10-2-1-3-10;/h6-7,10H,1-5,8-9H2,(H3,17,18,19);1H. The van der Waals surface area contributed by atoms with Crippen LogP contribution in [0.3, 0.4) is 0 Å². The van der Waals surface area contributed by atoms with Gasteiger partial charge in [0.05, 0.1) is 11.0 Å². The quantitative estimate of drug-likeness (QED) is 0.394. The van der Waals surface area contributed by atoms with E-state index in [4.69, 9.17) is 15.2 Å². The maximum atomic E-state index is 5.90. The smallest absolute Gasteiger partial charge is 0.188 e. The van der Waals surface area contributed by atoms with Gasteiger partial charge in [-0.2, -0.15) is 0 Å².